The molecule has 0 amide bonds. The summed E-state index contributed by atoms with van der Waals surface area (Å²) in [6, 6.07) is 25.5. The molecule has 0 radical (unpaired) electrons. The molecule has 0 spiro atoms. The van der Waals surface area contributed by atoms with E-state index in [9.17, 15) is 9.90 Å². The van der Waals surface area contributed by atoms with Gasteiger partial charge in [-0.3, -0.25) is 0 Å². The Hall–Kier alpha value is -3.30. The Balaban J connectivity index is 1.50. The Morgan fingerprint density at radius 1 is 0.844 bits per heavy atom. The van der Waals surface area contributed by atoms with Crippen LogP contribution < -0.4 is 0 Å². The molecule has 4 aromatic carbocycles. The number of allylic oxidation sites excluding steroid dienone is 3. The topological polar surface area (TPSA) is 37.3 Å². The van der Waals surface area contributed by atoms with Crippen LogP contribution in [0.4, 0.5) is 0 Å². The molecule has 6 rings (SSSR count). The second-order valence-corrected chi connectivity index (χ2v) is 9.63. The zero-order valence-electron chi connectivity index (χ0n) is 17.5. The van der Waals surface area contributed by atoms with Crippen molar-refractivity contribution in [3.8, 4) is 0 Å². The first kappa shape index (κ1) is 19.4. The monoisotopic (exact) mass is 434 g/mol. The average molecular weight is 435 g/mol. The van der Waals surface area contributed by atoms with Gasteiger partial charge in [0, 0.05) is 16.4 Å². The van der Waals surface area contributed by atoms with E-state index in [2.05, 4.69) is 48.5 Å². The number of carboxylic acids is 1. The maximum Gasteiger partial charge on any atom is 0.336 e. The minimum atomic E-state index is -0.877. The predicted molar refractivity (Wildman–Crippen MR) is 133 cm³/mol. The van der Waals surface area contributed by atoms with Gasteiger partial charge in [-0.05, 0) is 69.0 Å². The highest BCUT2D eigenvalue weighted by molar-refractivity contribution is 8.03. The second kappa shape index (κ2) is 7.68. The van der Waals surface area contributed by atoms with Gasteiger partial charge in [0.15, 0.2) is 0 Å². The number of carbonyl (C=O) groups is 1. The fourth-order valence-electron chi connectivity index (χ4n) is 5.28. The standard InChI is InChI=1S/C29H22O2S/c30-29(31)26-16-17-28(32-27-11-4-3-8-25(26)27)24-10-5-9-20-22-13-12-18-6-1-2-7-19(18)21(22)14-15-23(20)24/h1-4,6-8,11-17,24H,5,9-10H2,(H,30,31). The third kappa shape index (κ3) is 3.08. The summed E-state index contributed by atoms with van der Waals surface area (Å²) in [6.07, 6.45) is 7.14. The van der Waals surface area contributed by atoms with Gasteiger partial charge >= 0.3 is 5.97 Å². The Labute approximate surface area is 191 Å². The molecule has 1 aliphatic carbocycles. The number of hydrogen-bond donors (Lipinski definition) is 1. The quantitative estimate of drug-likeness (QED) is 0.331. The molecule has 4 aromatic rings. The van der Waals surface area contributed by atoms with Crippen LogP contribution in [0.3, 0.4) is 0 Å². The van der Waals surface area contributed by atoms with E-state index in [0.29, 0.717) is 5.57 Å². The van der Waals surface area contributed by atoms with Crippen molar-refractivity contribution in [1.29, 1.82) is 0 Å². The van der Waals surface area contributed by atoms with Crippen molar-refractivity contribution < 1.29 is 9.90 Å². The molecule has 1 unspecified atom stereocenters. The summed E-state index contributed by atoms with van der Waals surface area (Å²) in [4.78, 5) is 14.1. The third-order valence-electron chi connectivity index (χ3n) is 6.76. The van der Waals surface area contributed by atoms with Crippen LogP contribution in [-0.2, 0) is 11.2 Å². The third-order valence-corrected chi connectivity index (χ3v) is 7.99. The molecule has 156 valence electrons. The van der Waals surface area contributed by atoms with Gasteiger partial charge in [-0.2, -0.15) is 0 Å². The minimum absolute atomic E-state index is 0.289. The normalized spacial score (nSPS) is 17.8. The molecule has 2 nitrogen and oxygen atoms in total. The molecule has 0 saturated heterocycles. The molecular weight excluding hydrogens is 412 g/mol. The molecule has 0 aromatic heterocycles. The fourth-order valence-corrected chi connectivity index (χ4v) is 6.49. The molecular formula is C29H22O2S. The van der Waals surface area contributed by atoms with E-state index in [4.69, 9.17) is 0 Å². The Bertz CT molecular complexity index is 1460. The van der Waals surface area contributed by atoms with Gasteiger partial charge < -0.3 is 5.11 Å². The second-order valence-electron chi connectivity index (χ2n) is 8.51. The lowest BCUT2D eigenvalue weighted by Crippen LogP contribution is -2.11. The van der Waals surface area contributed by atoms with Crippen molar-refractivity contribution in [3.63, 3.8) is 0 Å². The van der Waals surface area contributed by atoms with Crippen molar-refractivity contribution in [2.24, 2.45) is 0 Å². The number of benzene rings is 4. The number of aliphatic carboxylic acids is 1. The summed E-state index contributed by atoms with van der Waals surface area (Å²) >= 11 is 1.72. The predicted octanol–water partition coefficient (Wildman–Crippen LogP) is 7.57. The van der Waals surface area contributed by atoms with Crippen LogP contribution in [0.5, 0.6) is 0 Å². The van der Waals surface area contributed by atoms with Gasteiger partial charge in [-0.1, -0.05) is 84.6 Å². The van der Waals surface area contributed by atoms with Gasteiger partial charge in [0.25, 0.3) is 0 Å². The van der Waals surface area contributed by atoms with Crippen molar-refractivity contribution in [2.75, 3.05) is 0 Å². The van der Waals surface area contributed by atoms with E-state index >= 15 is 0 Å². The lowest BCUT2D eigenvalue weighted by molar-refractivity contribution is -0.130. The van der Waals surface area contributed by atoms with E-state index in [1.165, 1.54) is 37.6 Å². The highest BCUT2D eigenvalue weighted by atomic mass is 32.2. The van der Waals surface area contributed by atoms with Crippen LogP contribution in [0.25, 0.3) is 27.1 Å². The van der Waals surface area contributed by atoms with Crippen molar-refractivity contribution >= 4 is 44.8 Å². The van der Waals surface area contributed by atoms with Crippen LogP contribution in [-0.4, -0.2) is 11.1 Å². The number of hydrogen-bond acceptors (Lipinski definition) is 2. The van der Waals surface area contributed by atoms with E-state index in [1.807, 2.05) is 30.3 Å². The van der Waals surface area contributed by atoms with Gasteiger partial charge in [-0.15, -0.1) is 0 Å². The van der Waals surface area contributed by atoms with Gasteiger partial charge in [0.05, 0.1) is 5.57 Å². The number of rotatable bonds is 2. The number of aryl methyl sites for hydroxylation is 1. The maximum absolute atomic E-state index is 11.9. The zero-order chi connectivity index (χ0) is 21.7. The zero-order valence-corrected chi connectivity index (χ0v) is 18.4. The summed E-state index contributed by atoms with van der Waals surface area (Å²) in [5.74, 6) is -0.588. The van der Waals surface area contributed by atoms with Gasteiger partial charge in [-0.25, -0.2) is 4.79 Å². The molecule has 3 heteroatoms. The first-order chi connectivity index (χ1) is 15.7. The van der Waals surface area contributed by atoms with Gasteiger partial charge in [0.1, 0.15) is 0 Å². The first-order valence-electron chi connectivity index (χ1n) is 11.1. The Morgan fingerprint density at radius 3 is 2.56 bits per heavy atom. The molecule has 0 saturated carbocycles. The van der Waals surface area contributed by atoms with Gasteiger partial charge in [0.2, 0.25) is 0 Å². The molecule has 32 heavy (non-hydrogen) atoms. The molecule has 2 aliphatic rings. The highest BCUT2D eigenvalue weighted by Gasteiger charge is 2.28. The summed E-state index contributed by atoms with van der Waals surface area (Å²) in [6.45, 7) is 0. The SMILES string of the molecule is O=C(O)C1=CC=C(C2CCCc3c2ccc2c3ccc3ccccc32)Sc2ccccc21. The maximum atomic E-state index is 11.9. The van der Waals surface area contributed by atoms with E-state index < -0.39 is 5.97 Å². The molecule has 1 aliphatic heterocycles. The largest absolute Gasteiger partial charge is 0.478 e. The molecule has 1 atom stereocenters. The highest BCUT2D eigenvalue weighted by Crippen LogP contribution is 2.48. The van der Waals surface area contributed by atoms with Crippen molar-refractivity contribution in [2.45, 2.75) is 30.1 Å². The molecule has 0 fully saturated rings. The van der Waals surface area contributed by atoms with E-state index in [-0.39, 0.29) is 5.92 Å². The van der Waals surface area contributed by atoms with Crippen molar-refractivity contribution in [1.82, 2.24) is 0 Å². The Morgan fingerprint density at radius 2 is 1.66 bits per heavy atom. The summed E-state index contributed by atoms with van der Waals surface area (Å²) < 4.78 is 0. The van der Waals surface area contributed by atoms with E-state index in [0.717, 1.165) is 29.7 Å². The smallest absolute Gasteiger partial charge is 0.336 e. The molecule has 0 bridgehead atoms. The number of fused-ring (bicyclic) bond motifs is 6. The average Bonchev–Trinajstić information content (AvgIpc) is 3.03. The number of thioether (sulfide) groups is 1. The number of carboxylic acid groups (broad SMARTS) is 1. The van der Waals surface area contributed by atoms with Crippen LogP contribution in [0.15, 0.2) is 94.7 Å². The summed E-state index contributed by atoms with van der Waals surface area (Å²) in [5.41, 5.74) is 4.01. The summed E-state index contributed by atoms with van der Waals surface area (Å²) in [7, 11) is 0. The fraction of sp³-hybridized carbons (Fsp3) is 0.138. The minimum Gasteiger partial charge on any atom is -0.478 e. The lowest BCUT2D eigenvalue weighted by atomic mass is 9.79. The lowest BCUT2D eigenvalue weighted by Gasteiger charge is -2.29. The van der Waals surface area contributed by atoms with Crippen LogP contribution >= 0.6 is 11.8 Å². The summed E-state index contributed by atoms with van der Waals surface area (Å²) in [5, 5.41) is 15.0. The van der Waals surface area contributed by atoms with E-state index in [1.54, 1.807) is 17.8 Å². The molecule has 1 N–H and O–H groups in total. The molecule has 1 heterocycles. The van der Waals surface area contributed by atoms with Crippen LogP contribution in [0.1, 0.15) is 35.4 Å². The Kier molecular flexibility index (Phi) is 4.65. The first-order valence-corrected chi connectivity index (χ1v) is 11.9. The van der Waals surface area contributed by atoms with Crippen molar-refractivity contribution in [3.05, 3.63) is 107 Å². The van der Waals surface area contributed by atoms with Crippen LogP contribution in [0, 0.1) is 0 Å². The van der Waals surface area contributed by atoms with Crippen LogP contribution in [0.2, 0.25) is 0 Å².